The van der Waals surface area contributed by atoms with Crippen LogP contribution in [-0.4, -0.2) is 37.0 Å². The first-order chi connectivity index (χ1) is 11.8. The first-order valence-corrected chi connectivity index (χ1v) is 7.81. The fourth-order valence-corrected chi connectivity index (χ4v) is 2.82. The third kappa shape index (κ3) is 3.92. The third-order valence-electron chi connectivity index (χ3n) is 4.20. The number of nitrogens with zero attached hydrogens (tertiary/aromatic N) is 2. The maximum atomic E-state index is 12.9. The predicted molar refractivity (Wildman–Crippen MR) is 86.0 cm³/mol. The molecule has 2 aromatic carbocycles. The number of carbonyl (C=O) groups excluding carboxylic acids is 1. The minimum Gasteiger partial charge on any atom is -0.368 e. The van der Waals surface area contributed by atoms with E-state index in [1.807, 2.05) is 4.90 Å². The molecule has 132 valence electrons. The Hall–Kier alpha value is -2.57. The van der Waals surface area contributed by atoms with Crippen molar-refractivity contribution in [3.8, 4) is 0 Å². The van der Waals surface area contributed by atoms with Gasteiger partial charge in [0.2, 0.25) is 0 Å². The summed E-state index contributed by atoms with van der Waals surface area (Å²) in [5, 5.41) is 0. The van der Waals surface area contributed by atoms with Gasteiger partial charge in [-0.2, -0.15) is 13.2 Å². The molecule has 0 radical (unpaired) electrons. The summed E-state index contributed by atoms with van der Waals surface area (Å²) >= 11 is 0. The zero-order chi connectivity index (χ0) is 18.0. The summed E-state index contributed by atoms with van der Waals surface area (Å²) in [6.45, 7) is 1.67. The van der Waals surface area contributed by atoms with E-state index in [0.717, 1.165) is 12.1 Å². The number of hydrogen-bond donors (Lipinski definition) is 0. The standard InChI is InChI=1S/C18H16F4N2O/c19-15-6-4-13(5-7-15)17(25)24-10-8-23(9-11-24)16-3-1-2-14(12-16)18(20,21)22/h1-7,12H,8-11H2. The van der Waals surface area contributed by atoms with Crippen molar-refractivity contribution < 1.29 is 22.4 Å². The van der Waals surface area contributed by atoms with Crippen molar-refractivity contribution in [2.45, 2.75) is 6.18 Å². The molecule has 1 aliphatic heterocycles. The van der Waals surface area contributed by atoms with E-state index in [-0.39, 0.29) is 5.91 Å². The van der Waals surface area contributed by atoms with Gasteiger partial charge in [0.1, 0.15) is 5.82 Å². The first kappa shape index (κ1) is 17.3. The molecule has 0 saturated carbocycles. The van der Waals surface area contributed by atoms with Crippen LogP contribution in [0.15, 0.2) is 48.5 Å². The van der Waals surface area contributed by atoms with E-state index in [1.165, 1.54) is 30.3 Å². The number of piperazine rings is 1. The lowest BCUT2D eigenvalue weighted by atomic mass is 10.1. The van der Waals surface area contributed by atoms with Crippen LogP contribution in [0.25, 0.3) is 0 Å². The average Bonchev–Trinajstić information content (AvgIpc) is 2.61. The van der Waals surface area contributed by atoms with Crippen molar-refractivity contribution in [2.75, 3.05) is 31.1 Å². The third-order valence-corrected chi connectivity index (χ3v) is 4.20. The summed E-state index contributed by atoms with van der Waals surface area (Å²) < 4.78 is 51.4. The van der Waals surface area contributed by atoms with E-state index in [4.69, 9.17) is 0 Å². The van der Waals surface area contributed by atoms with Gasteiger partial charge < -0.3 is 9.80 Å². The van der Waals surface area contributed by atoms with E-state index in [9.17, 15) is 22.4 Å². The molecule has 0 aliphatic carbocycles. The summed E-state index contributed by atoms with van der Waals surface area (Å²) in [6.07, 6.45) is -4.38. The number of alkyl halides is 3. The normalized spacial score (nSPS) is 15.4. The van der Waals surface area contributed by atoms with Gasteiger partial charge in [-0.3, -0.25) is 4.79 Å². The molecule has 1 heterocycles. The zero-order valence-electron chi connectivity index (χ0n) is 13.3. The van der Waals surface area contributed by atoms with Crippen LogP contribution < -0.4 is 4.90 Å². The van der Waals surface area contributed by atoms with Crippen molar-refractivity contribution in [1.82, 2.24) is 4.90 Å². The maximum Gasteiger partial charge on any atom is 0.416 e. The van der Waals surface area contributed by atoms with Gasteiger partial charge in [-0.25, -0.2) is 4.39 Å². The highest BCUT2D eigenvalue weighted by atomic mass is 19.4. The number of anilines is 1. The van der Waals surface area contributed by atoms with Crippen LogP contribution in [0.5, 0.6) is 0 Å². The molecule has 7 heteroatoms. The SMILES string of the molecule is O=C(c1ccc(F)cc1)N1CCN(c2cccc(C(F)(F)F)c2)CC1. The molecule has 25 heavy (non-hydrogen) atoms. The van der Waals surface area contributed by atoms with E-state index < -0.39 is 17.6 Å². The minimum atomic E-state index is -4.38. The second-order valence-corrected chi connectivity index (χ2v) is 5.83. The highest BCUT2D eigenvalue weighted by molar-refractivity contribution is 5.94. The smallest absolute Gasteiger partial charge is 0.368 e. The molecule has 3 rings (SSSR count). The van der Waals surface area contributed by atoms with Crippen molar-refractivity contribution in [2.24, 2.45) is 0 Å². The van der Waals surface area contributed by atoms with Crippen LogP contribution >= 0.6 is 0 Å². The number of amides is 1. The first-order valence-electron chi connectivity index (χ1n) is 7.81. The van der Waals surface area contributed by atoms with Crippen molar-refractivity contribution in [3.63, 3.8) is 0 Å². The van der Waals surface area contributed by atoms with Gasteiger partial charge in [-0.1, -0.05) is 6.07 Å². The molecule has 0 atom stereocenters. The molecule has 0 N–H and O–H groups in total. The molecule has 0 spiro atoms. The molecule has 0 bridgehead atoms. The van der Waals surface area contributed by atoms with E-state index in [0.29, 0.717) is 37.4 Å². The molecule has 1 amide bonds. The zero-order valence-corrected chi connectivity index (χ0v) is 13.3. The highest BCUT2D eigenvalue weighted by Gasteiger charge is 2.31. The summed E-state index contributed by atoms with van der Waals surface area (Å²) in [4.78, 5) is 15.8. The Morgan fingerprint density at radius 3 is 2.16 bits per heavy atom. The predicted octanol–water partition coefficient (Wildman–Crippen LogP) is 3.81. The van der Waals surface area contributed by atoms with E-state index in [2.05, 4.69) is 0 Å². The molecular weight excluding hydrogens is 336 g/mol. The van der Waals surface area contributed by atoms with Crippen LogP contribution in [0.3, 0.4) is 0 Å². The number of hydrogen-bond acceptors (Lipinski definition) is 2. The van der Waals surface area contributed by atoms with Crippen molar-refractivity contribution >= 4 is 11.6 Å². The van der Waals surface area contributed by atoms with Crippen LogP contribution in [0.1, 0.15) is 15.9 Å². The number of benzene rings is 2. The highest BCUT2D eigenvalue weighted by Crippen LogP contribution is 2.31. The average molecular weight is 352 g/mol. The van der Waals surface area contributed by atoms with Gasteiger partial charge in [0.15, 0.2) is 0 Å². The Morgan fingerprint density at radius 2 is 1.56 bits per heavy atom. The lowest BCUT2D eigenvalue weighted by molar-refractivity contribution is -0.137. The summed E-state index contributed by atoms with van der Waals surface area (Å²) in [5.74, 6) is -0.616. The van der Waals surface area contributed by atoms with E-state index in [1.54, 1.807) is 11.0 Å². The van der Waals surface area contributed by atoms with E-state index >= 15 is 0 Å². The lowest BCUT2D eigenvalue weighted by Gasteiger charge is -2.36. The maximum absolute atomic E-state index is 12.9. The Balaban J connectivity index is 1.66. The quantitative estimate of drug-likeness (QED) is 0.768. The van der Waals surface area contributed by atoms with Crippen LogP contribution in [0, 0.1) is 5.82 Å². The largest absolute Gasteiger partial charge is 0.416 e. The van der Waals surface area contributed by atoms with Crippen molar-refractivity contribution in [1.29, 1.82) is 0 Å². The molecule has 0 aromatic heterocycles. The van der Waals surface area contributed by atoms with Crippen molar-refractivity contribution in [3.05, 3.63) is 65.5 Å². The Bertz CT molecular complexity index is 750. The fourth-order valence-electron chi connectivity index (χ4n) is 2.82. The van der Waals surface area contributed by atoms with Gasteiger partial charge in [0.05, 0.1) is 5.56 Å². The molecular formula is C18H16F4N2O. The summed E-state index contributed by atoms with van der Waals surface area (Å²) in [7, 11) is 0. The monoisotopic (exact) mass is 352 g/mol. The second kappa shape index (κ2) is 6.74. The lowest BCUT2D eigenvalue weighted by Crippen LogP contribution is -2.48. The Kier molecular flexibility index (Phi) is 4.65. The number of rotatable bonds is 2. The fraction of sp³-hybridized carbons (Fsp3) is 0.278. The topological polar surface area (TPSA) is 23.6 Å². The summed E-state index contributed by atoms with van der Waals surface area (Å²) in [5.41, 5.74) is 0.201. The Morgan fingerprint density at radius 1 is 0.920 bits per heavy atom. The Labute approximate surface area is 142 Å². The molecule has 2 aromatic rings. The molecule has 1 aliphatic rings. The number of carbonyl (C=O) groups is 1. The molecule has 1 fully saturated rings. The van der Waals surface area contributed by atoms with Gasteiger partial charge in [0, 0.05) is 37.4 Å². The number of halogens is 4. The molecule has 1 saturated heterocycles. The minimum absolute atomic E-state index is 0.205. The molecule has 3 nitrogen and oxygen atoms in total. The van der Waals surface area contributed by atoms with Crippen LogP contribution in [0.4, 0.5) is 23.2 Å². The molecule has 0 unspecified atom stereocenters. The van der Waals surface area contributed by atoms with Crippen LogP contribution in [-0.2, 0) is 6.18 Å². The van der Waals surface area contributed by atoms with Gasteiger partial charge >= 0.3 is 6.18 Å². The van der Waals surface area contributed by atoms with Gasteiger partial charge in [-0.05, 0) is 42.5 Å². The summed E-state index contributed by atoms with van der Waals surface area (Å²) in [6, 6.07) is 10.5. The van der Waals surface area contributed by atoms with Crippen LogP contribution in [0.2, 0.25) is 0 Å². The second-order valence-electron chi connectivity index (χ2n) is 5.83. The van der Waals surface area contributed by atoms with Gasteiger partial charge in [-0.15, -0.1) is 0 Å². The van der Waals surface area contributed by atoms with Gasteiger partial charge in [0.25, 0.3) is 5.91 Å².